The summed E-state index contributed by atoms with van der Waals surface area (Å²) in [7, 11) is 0. The minimum absolute atomic E-state index is 0.802. The highest BCUT2D eigenvalue weighted by atomic mass is 14.9. The van der Waals surface area contributed by atoms with Crippen LogP contribution in [0.5, 0.6) is 0 Å². The Bertz CT molecular complexity index is 192. The van der Waals surface area contributed by atoms with Crippen molar-refractivity contribution >= 4 is 0 Å². The smallest absolute Gasteiger partial charge is 0.00953 e. The summed E-state index contributed by atoms with van der Waals surface area (Å²) in [5.41, 5.74) is 0. The molecule has 1 aliphatic carbocycles. The zero-order valence-electron chi connectivity index (χ0n) is 13.2. The third-order valence-corrected chi connectivity index (χ3v) is 4.58. The van der Waals surface area contributed by atoms with Gasteiger partial charge >= 0.3 is 0 Å². The van der Waals surface area contributed by atoms with Crippen molar-refractivity contribution < 1.29 is 0 Å². The van der Waals surface area contributed by atoms with E-state index in [0.29, 0.717) is 0 Å². The molecule has 0 spiro atoms. The summed E-state index contributed by atoms with van der Waals surface area (Å²) in [4.78, 5) is 0. The van der Waals surface area contributed by atoms with Crippen molar-refractivity contribution in [2.75, 3.05) is 6.54 Å². The lowest BCUT2D eigenvalue weighted by atomic mass is 9.78. The van der Waals surface area contributed by atoms with E-state index in [1.54, 1.807) is 0 Å². The van der Waals surface area contributed by atoms with Crippen molar-refractivity contribution in [1.29, 1.82) is 0 Å². The van der Waals surface area contributed by atoms with Gasteiger partial charge in [0, 0.05) is 6.04 Å². The van der Waals surface area contributed by atoms with Crippen LogP contribution in [0.15, 0.2) is 0 Å². The Morgan fingerprint density at radius 1 is 1.06 bits per heavy atom. The second-order valence-electron chi connectivity index (χ2n) is 6.91. The van der Waals surface area contributed by atoms with Gasteiger partial charge in [-0.15, -0.1) is 0 Å². The molecule has 0 aromatic rings. The van der Waals surface area contributed by atoms with Gasteiger partial charge in [-0.05, 0) is 50.0 Å². The molecule has 0 heterocycles. The Hall–Kier alpha value is -0.0400. The van der Waals surface area contributed by atoms with E-state index in [4.69, 9.17) is 0 Å². The van der Waals surface area contributed by atoms with Crippen LogP contribution in [0, 0.1) is 17.8 Å². The molecule has 0 aromatic carbocycles. The largest absolute Gasteiger partial charge is 0.314 e. The Kier molecular flexibility index (Phi) is 7.97. The fourth-order valence-corrected chi connectivity index (χ4v) is 3.27. The zero-order chi connectivity index (χ0) is 13.4. The Morgan fingerprint density at radius 3 is 2.28 bits per heavy atom. The molecule has 1 saturated carbocycles. The molecule has 0 aromatic heterocycles. The summed E-state index contributed by atoms with van der Waals surface area (Å²) in [5, 5.41) is 3.83. The summed E-state index contributed by atoms with van der Waals surface area (Å²) >= 11 is 0. The van der Waals surface area contributed by atoms with E-state index >= 15 is 0 Å². The van der Waals surface area contributed by atoms with Crippen LogP contribution in [0.1, 0.15) is 79.1 Å². The minimum atomic E-state index is 0.802. The van der Waals surface area contributed by atoms with E-state index in [9.17, 15) is 0 Å². The normalized spacial score (nSPS) is 26.5. The van der Waals surface area contributed by atoms with Crippen LogP contribution in [-0.4, -0.2) is 12.6 Å². The van der Waals surface area contributed by atoms with Crippen LogP contribution < -0.4 is 5.32 Å². The van der Waals surface area contributed by atoms with Crippen molar-refractivity contribution in [2.24, 2.45) is 17.8 Å². The predicted molar refractivity (Wildman–Crippen MR) is 81.9 cm³/mol. The molecule has 1 N–H and O–H groups in total. The Morgan fingerprint density at radius 2 is 1.72 bits per heavy atom. The van der Waals surface area contributed by atoms with Gasteiger partial charge in [0.2, 0.25) is 0 Å². The second kappa shape index (κ2) is 8.96. The van der Waals surface area contributed by atoms with E-state index < -0.39 is 0 Å². The molecule has 1 atom stereocenters. The van der Waals surface area contributed by atoms with E-state index in [1.807, 2.05) is 0 Å². The van der Waals surface area contributed by atoms with Crippen LogP contribution in [0.25, 0.3) is 0 Å². The van der Waals surface area contributed by atoms with Crippen LogP contribution in [0.2, 0.25) is 0 Å². The maximum Gasteiger partial charge on any atom is 0.00953 e. The molecule has 0 aliphatic heterocycles. The van der Waals surface area contributed by atoms with E-state index in [1.165, 1.54) is 57.9 Å². The summed E-state index contributed by atoms with van der Waals surface area (Å²) in [6.07, 6.45) is 11.3. The lowest BCUT2D eigenvalue weighted by molar-refractivity contribution is 0.218. The molecule has 0 saturated heterocycles. The second-order valence-corrected chi connectivity index (χ2v) is 6.91. The number of rotatable bonds is 8. The molecule has 0 radical (unpaired) electrons. The van der Waals surface area contributed by atoms with E-state index in [2.05, 4.69) is 33.0 Å². The highest BCUT2D eigenvalue weighted by Gasteiger charge is 2.25. The molecule has 1 aliphatic rings. The molecular weight excluding hydrogens is 218 g/mol. The first-order valence-corrected chi connectivity index (χ1v) is 8.36. The first-order valence-electron chi connectivity index (χ1n) is 8.36. The quantitative estimate of drug-likeness (QED) is 0.641. The monoisotopic (exact) mass is 253 g/mol. The molecule has 0 bridgehead atoms. The SMILES string of the molecule is CCCNC(CCCC(C)C)C1CCC(C)CC1. The molecule has 1 heteroatoms. The first kappa shape index (κ1) is 16.0. The van der Waals surface area contributed by atoms with Gasteiger partial charge in [-0.3, -0.25) is 0 Å². The third-order valence-electron chi connectivity index (χ3n) is 4.58. The van der Waals surface area contributed by atoms with Crippen molar-refractivity contribution in [1.82, 2.24) is 5.32 Å². The van der Waals surface area contributed by atoms with E-state index in [0.717, 1.165) is 23.8 Å². The molecular formula is C17H35N. The van der Waals surface area contributed by atoms with Crippen molar-refractivity contribution in [3.8, 4) is 0 Å². The van der Waals surface area contributed by atoms with Gasteiger partial charge in [0.05, 0.1) is 0 Å². The van der Waals surface area contributed by atoms with Gasteiger partial charge in [0.15, 0.2) is 0 Å². The van der Waals surface area contributed by atoms with Crippen molar-refractivity contribution in [3.63, 3.8) is 0 Å². The van der Waals surface area contributed by atoms with Crippen LogP contribution in [-0.2, 0) is 0 Å². The van der Waals surface area contributed by atoms with Crippen molar-refractivity contribution in [3.05, 3.63) is 0 Å². The summed E-state index contributed by atoms with van der Waals surface area (Å²) in [6.45, 7) is 10.6. The van der Waals surface area contributed by atoms with Gasteiger partial charge in [-0.2, -0.15) is 0 Å². The Balaban J connectivity index is 2.34. The molecule has 108 valence electrons. The maximum absolute atomic E-state index is 3.83. The van der Waals surface area contributed by atoms with Gasteiger partial charge in [-0.1, -0.05) is 53.4 Å². The average molecular weight is 253 g/mol. The Labute approximate surface area is 115 Å². The van der Waals surface area contributed by atoms with Crippen LogP contribution >= 0.6 is 0 Å². The fraction of sp³-hybridized carbons (Fsp3) is 1.00. The highest BCUT2D eigenvalue weighted by Crippen LogP contribution is 2.32. The predicted octanol–water partition coefficient (Wildman–Crippen LogP) is 5.01. The highest BCUT2D eigenvalue weighted by molar-refractivity contribution is 4.81. The number of hydrogen-bond donors (Lipinski definition) is 1. The summed E-state index contributed by atoms with van der Waals surface area (Å²) < 4.78 is 0. The standard InChI is InChI=1S/C17H35N/c1-5-13-18-17(8-6-7-14(2)3)16-11-9-15(4)10-12-16/h14-18H,5-13H2,1-4H3. The zero-order valence-corrected chi connectivity index (χ0v) is 13.2. The van der Waals surface area contributed by atoms with Gasteiger partial charge in [0.25, 0.3) is 0 Å². The lowest BCUT2D eigenvalue weighted by Crippen LogP contribution is -2.38. The molecule has 1 rings (SSSR count). The first-order chi connectivity index (χ1) is 8.63. The molecule has 1 unspecified atom stereocenters. The maximum atomic E-state index is 3.83. The number of hydrogen-bond acceptors (Lipinski definition) is 1. The van der Waals surface area contributed by atoms with Gasteiger partial charge in [-0.25, -0.2) is 0 Å². The third kappa shape index (κ3) is 6.22. The molecule has 1 nitrogen and oxygen atoms in total. The molecule has 1 fully saturated rings. The van der Waals surface area contributed by atoms with Gasteiger partial charge < -0.3 is 5.32 Å². The van der Waals surface area contributed by atoms with Crippen molar-refractivity contribution in [2.45, 2.75) is 85.1 Å². The molecule has 0 amide bonds. The summed E-state index contributed by atoms with van der Waals surface area (Å²) in [6, 6.07) is 0.802. The topological polar surface area (TPSA) is 12.0 Å². The number of nitrogens with one attached hydrogen (secondary N) is 1. The lowest BCUT2D eigenvalue weighted by Gasteiger charge is -2.33. The molecule has 18 heavy (non-hydrogen) atoms. The average Bonchev–Trinajstić information content (AvgIpc) is 2.34. The van der Waals surface area contributed by atoms with E-state index in [-0.39, 0.29) is 0 Å². The summed E-state index contributed by atoms with van der Waals surface area (Å²) in [5.74, 6) is 2.80. The fourth-order valence-electron chi connectivity index (χ4n) is 3.27. The minimum Gasteiger partial charge on any atom is -0.314 e. The van der Waals surface area contributed by atoms with Crippen LogP contribution in [0.4, 0.5) is 0 Å². The van der Waals surface area contributed by atoms with Gasteiger partial charge in [0.1, 0.15) is 0 Å². The van der Waals surface area contributed by atoms with Crippen LogP contribution in [0.3, 0.4) is 0 Å².